The summed E-state index contributed by atoms with van der Waals surface area (Å²) in [5, 5.41) is 1.54. The van der Waals surface area contributed by atoms with Gasteiger partial charge in [0.05, 0.1) is 11.7 Å². The Labute approximate surface area is 133 Å². The number of aromatic nitrogens is 1. The van der Waals surface area contributed by atoms with Gasteiger partial charge in [0.15, 0.2) is 0 Å². The highest BCUT2D eigenvalue weighted by atomic mass is 35.5. The van der Waals surface area contributed by atoms with Crippen molar-refractivity contribution in [1.29, 1.82) is 0 Å². The van der Waals surface area contributed by atoms with Gasteiger partial charge in [0.2, 0.25) is 6.08 Å². The molecule has 0 aliphatic heterocycles. The molecule has 108 valence electrons. The maximum absolute atomic E-state index is 10.8. The lowest BCUT2D eigenvalue weighted by molar-refractivity contribution is 0.565. The average Bonchev–Trinajstić information content (AvgIpc) is 2.48. The zero-order valence-electron chi connectivity index (χ0n) is 12.2. The van der Waals surface area contributed by atoms with E-state index in [1.165, 1.54) is 0 Å². The summed E-state index contributed by atoms with van der Waals surface area (Å²) in [6.45, 7) is 4.04. The lowest BCUT2D eigenvalue weighted by Gasteiger charge is -2.13. The third-order valence-electron chi connectivity index (χ3n) is 3.60. The van der Waals surface area contributed by atoms with Crippen molar-refractivity contribution in [2.24, 2.45) is 4.99 Å². The van der Waals surface area contributed by atoms with E-state index in [9.17, 15) is 4.79 Å². The quantitative estimate of drug-likeness (QED) is 0.486. The zero-order chi connectivity index (χ0) is 15.7. The summed E-state index contributed by atoms with van der Waals surface area (Å²) in [7, 11) is 0. The number of carbonyl (C=O) groups excluding carboxylic acids is 1. The third-order valence-corrected chi connectivity index (χ3v) is 3.93. The fourth-order valence-electron chi connectivity index (χ4n) is 2.73. The molecule has 3 aromatic rings. The first-order valence-corrected chi connectivity index (χ1v) is 7.22. The Morgan fingerprint density at radius 1 is 1.18 bits per heavy atom. The van der Waals surface area contributed by atoms with Crippen molar-refractivity contribution < 1.29 is 4.79 Å². The first kappa shape index (κ1) is 14.5. The van der Waals surface area contributed by atoms with Crippen molar-refractivity contribution in [1.82, 2.24) is 4.98 Å². The van der Waals surface area contributed by atoms with E-state index in [4.69, 9.17) is 11.6 Å². The molecule has 0 aliphatic carbocycles. The lowest BCUT2D eigenvalue weighted by Crippen LogP contribution is -1.91. The van der Waals surface area contributed by atoms with Crippen molar-refractivity contribution >= 4 is 34.3 Å². The molecule has 0 saturated heterocycles. The summed E-state index contributed by atoms with van der Waals surface area (Å²) in [4.78, 5) is 19.0. The highest BCUT2D eigenvalue weighted by Gasteiger charge is 2.15. The van der Waals surface area contributed by atoms with Gasteiger partial charge in [-0.25, -0.2) is 4.79 Å². The molecule has 0 amide bonds. The van der Waals surface area contributed by atoms with Crippen molar-refractivity contribution in [2.45, 2.75) is 13.8 Å². The maximum Gasteiger partial charge on any atom is 0.240 e. The number of rotatable bonds is 2. The van der Waals surface area contributed by atoms with E-state index in [1.54, 1.807) is 12.3 Å². The molecule has 0 N–H and O–H groups in total. The van der Waals surface area contributed by atoms with Crippen LogP contribution in [0.25, 0.3) is 22.0 Å². The number of aliphatic imine (C=N–C) groups is 1. The summed E-state index contributed by atoms with van der Waals surface area (Å²) < 4.78 is 0. The van der Waals surface area contributed by atoms with E-state index in [-0.39, 0.29) is 0 Å². The topological polar surface area (TPSA) is 42.3 Å². The Morgan fingerprint density at radius 3 is 2.68 bits per heavy atom. The van der Waals surface area contributed by atoms with E-state index in [0.29, 0.717) is 10.7 Å². The van der Waals surface area contributed by atoms with Crippen molar-refractivity contribution in [3.05, 3.63) is 58.7 Å². The molecule has 0 saturated carbocycles. The van der Waals surface area contributed by atoms with Crippen LogP contribution in [0.3, 0.4) is 0 Å². The molecule has 0 atom stereocenters. The summed E-state index contributed by atoms with van der Waals surface area (Å²) in [6, 6.07) is 11.6. The van der Waals surface area contributed by atoms with Crippen molar-refractivity contribution in [3.63, 3.8) is 0 Å². The predicted octanol–water partition coefficient (Wildman–Crippen LogP) is 5.14. The molecule has 2 aromatic carbocycles. The summed E-state index contributed by atoms with van der Waals surface area (Å²) in [5.74, 6) is 0. The minimum atomic E-state index is 0.473. The molecule has 0 spiro atoms. The molecule has 3 nitrogen and oxygen atoms in total. The Morgan fingerprint density at radius 2 is 1.95 bits per heavy atom. The number of fused-ring (bicyclic) bond motifs is 1. The van der Waals surface area contributed by atoms with Gasteiger partial charge in [0, 0.05) is 21.5 Å². The number of pyridine rings is 1. The second-order valence-corrected chi connectivity index (χ2v) is 5.59. The van der Waals surface area contributed by atoms with E-state index in [1.807, 2.05) is 44.2 Å². The molecule has 0 fully saturated rings. The molecular weight excluding hydrogens is 296 g/mol. The largest absolute Gasteiger partial charge is 0.254 e. The van der Waals surface area contributed by atoms with Crippen molar-refractivity contribution in [2.75, 3.05) is 0 Å². The molecule has 1 heterocycles. The number of nitrogens with zero attached hydrogens (tertiary/aromatic N) is 2. The monoisotopic (exact) mass is 308 g/mol. The third kappa shape index (κ3) is 2.41. The fourth-order valence-corrected chi connectivity index (χ4v) is 2.96. The Hall–Kier alpha value is -2.48. The fraction of sp³-hybridized carbons (Fsp3) is 0.111. The predicted molar refractivity (Wildman–Crippen MR) is 89.4 cm³/mol. The molecule has 1 aromatic heterocycles. The van der Waals surface area contributed by atoms with E-state index < -0.39 is 0 Å². The van der Waals surface area contributed by atoms with E-state index in [2.05, 4.69) is 16.0 Å². The average molecular weight is 309 g/mol. The highest BCUT2D eigenvalue weighted by molar-refractivity contribution is 6.34. The molecule has 3 rings (SSSR count). The highest BCUT2D eigenvalue weighted by Crippen LogP contribution is 2.40. The molecular formula is C18H13ClN2O. The summed E-state index contributed by atoms with van der Waals surface area (Å²) >= 11 is 6.35. The van der Waals surface area contributed by atoms with Crippen LogP contribution in [0.4, 0.5) is 5.69 Å². The van der Waals surface area contributed by atoms with Gasteiger partial charge in [0.25, 0.3) is 0 Å². The SMILES string of the molecule is Cc1cc(C)c2ncc(N=C=O)c(-c3ccccc3Cl)c2c1. The van der Waals surface area contributed by atoms with Crippen LogP contribution < -0.4 is 0 Å². The molecule has 0 unspecified atom stereocenters. The molecule has 22 heavy (non-hydrogen) atoms. The Balaban J connectivity index is 2.51. The molecule has 4 heteroatoms. The van der Waals surface area contributed by atoms with Crippen LogP contribution in [0.15, 0.2) is 47.6 Å². The van der Waals surface area contributed by atoms with Crippen LogP contribution in [0.1, 0.15) is 11.1 Å². The first-order chi connectivity index (χ1) is 10.6. The number of aryl methyl sites for hydroxylation is 2. The number of hydrogen-bond donors (Lipinski definition) is 0. The van der Waals surface area contributed by atoms with Crippen LogP contribution in [0.5, 0.6) is 0 Å². The standard InChI is InChI=1S/C18H13ClN2O/c1-11-7-12(2)18-14(8-11)17(16(9-20-18)21-10-22)13-5-3-4-6-15(13)19/h3-9H,1-2H3. The normalized spacial score (nSPS) is 10.5. The van der Waals surface area contributed by atoms with Crippen LogP contribution >= 0.6 is 11.6 Å². The second-order valence-electron chi connectivity index (χ2n) is 5.18. The van der Waals surface area contributed by atoms with E-state index >= 15 is 0 Å². The van der Waals surface area contributed by atoms with Gasteiger partial charge < -0.3 is 0 Å². The van der Waals surface area contributed by atoms with E-state index in [0.717, 1.165) is 33.2 Å². The summed E-state index contributed by atoms with van der Waals surface area (Å²) in [6.07, 6.45) is 3.19. The minimum absolute atomic E-state index is 0.473. The van der Waals surface area contributed by atoms with Gasteiger partial charge in [-0.1, -0.05) is 41.4 Å². The van der Waals surface area contributed by atoms with Crippen LogP contribution in [0, 0.1) is 13.8 Å². The number of halogens is 1. The van der Waals surface area contributed by atoms with Crippen LogP contribution in [-0.4, -0.2) is 11.1 Å². The Kier molecular flexibility index (Phi) is 3.76. The van der Waals surface area contributed by atoms with Gasteiger partial charge in [-0.2, -0.15) is 4.99 Å². The number of hydrogen-bond acceptors (Lipinski definition) is 3. The number of benzene rings is 2. The molecule has 0 radical (unpaired) electrons. The first-order valence-electron chi connectivity index (χ1n) is 6.84. The summed E-state index contributed by atoms with van der Waals surface area (Å²) in [5.41, 5.74) is 5.18. The van der Waals surface area contributed by atoms with Gasteiger partial charge in [-0.15, -0.1) is 0 Å². The number of isocyanates is 1. The van der Waals surface area contributed by atoms with Crippen LogP contribution in [0.2, 0.25) is 5.02 Å². The molecule has 0 aliphatic rings. The maximum atomic E-state index is 10.8. The van der Waals surface area contributed by atoms with Gasteiger partial charge >= 0.3 is 0 Å². The van der Waals surface area contributed by atoms with Crippen molar-refractivity contribution in [3.8, 4) is 11.1 Å². The van der Waals surface area contributed by atoms with Crippen LogP contribution in [-0.2, 0) is 4.79 Å². The smallest absolute Gasteiger partial charge is 0.240 e. The second kappa shape index (κ2) is 5.72. The minimum Gasteiger partial charge on any atom is -0.254 e. The Bertz CT molecular complexity index is 928. The van der Waals surface area contributed by atoms with Gasteiger partial charge in [0.1, 0.15) is 5.69 Å². The lowest BCUT2D eigenvalue weighted by atomic mass is 9.96. The zero-order valence-corrected chi connectivity index (χ0v) is 13.0. The van der Waals surface area contributed by atoms with Gasteiger partial charge in [-0.05, 0) is 31.5 Å². The molecule has 0 bridgehead atoms. The van der Waals surface area contributed by atoms with Gasteiger partial charge in [-0.3, -0.25) is 4.98 Å².